The summed E-state index contributed by atoms with van der Waals surface area (Å²) in [5.41, 5.74) is 1.36. The van der Waals surface area contributed by atoms with Gasteiger partial charge in [0, 0.05) is 57.1 Å². The molecule has 0 bridgehead atoms. The molecule has 16 heavy (non-hydrogen) atoms. The van der Waals surface area contributed by atoms with E-state index in [1.807, 2.05) is 6.20 Å². The molecule has 0 saturated carbocycles. The lowest BCUT2D eigenvalue weighted by molar-refractivity contribution is 0.241. The van der Waals surface area contributed by atoms with Gasteiger partial charge in [0.15, 0.2) is 0 Å². The van der Waals surface area contributed by atoms with E-state index >= 15 is 0 Å². The van der Waals surface area contributed by atoms with Crippen molar-refractivity contribution in [2.75, 3.05) is 32.7 Å². The zero-order chi connectivity index (χ0) is 11.4. The Hall–Kier alpha value is -0.870. The van der Waals surface area contributed by atoms with Crippen molar-refractivity contribution < 1.29 is 0 Å². The minimum Gasteiger partial charge on any atom is -0.314 e. The van der Waals surface area contributed by atoms with E-state index in [-0.39, 0.29) is 0 Å². The third-order valence-electron chi connectivity index (χ3n) is 3.14. The van der Waals surface area contributed by atoms with Crippen LogP contribution in [0, 0.1) is 0 Å². The molecule has 0 amide bonds. The highest BCUT2D eigenvalue weighted by Gasteiger charge is 2.11. The lowest BCUT2D eigenvalue weighted by Gasteiger charge is -2.27. The molecule has 2 rings (SSSR count). The highest BCUT2D eigenvalue weighted by atomic mass is 15.3. The van der Waals surface area contributed by atoms with E-state index in [1.165, 1.54) is 18.8 Å². The van der Waals surface area contributed by atoms with Crippen LogP contribution >= 0.6 is 0 Å². The molecule has 0 spiro atoms. The standard InChI is InChI=1S/C12H22N4/c1-11(2)16-12(3-5-14-16)4-8-15-9-6-13-7-10-15/h3,5,11,13H,4,6-10H2,1-2H3. The van der Waals surface area contributed by atoms with Crippen LogP contribution in [0.15, 0.2) is 12.3 Å². The molecule has 0 unspecified atom stereocenters. The van der Waals surface area contributed by atoms with Crippen LogP contribution < -0.4 is 5.32 Å². The SMILES string of the molecule is CC(C)n1nccc1CCN1CCNCC1. The molecule has 1 aliphatic heterocycles. The Kier molecular flexibility index (Phi) is 3.96. The third kappa shape index (κ3) is 2.83. The summed E-state index contributed by atoms with van der Waals surface area (Å²) >= 11 is 0. The fraction of sp³-hybridized carbons (Fsp3) is 0.750. The van der Waals surface area contributed by atoms with Crippen LogP contribution in [0.4, 0.5) is 0 Å². The Balaban J connectivity index is 1.86. The first kappa shape index (κ1) is 11.6. The van der Waals surface area contributed by atoms with Gasteiger partial charge in [-0.1, -0.05) is 0 Å². The number of rotatable bonds is 4. The molecule has 2 heterocycles. The maximum absolute atomic E-state index is 4.37. The van der Waals surface area contributed by atoms with Gasteiger partial charge < -0.3 is 10.2 Å². The van der Waals surface area contributed by atoms with Crippen LogP contribution in [0.1, 0.15) is 25.6 Å². The van der Waals surface area contributed by atoms with Gasteiger partial charge in [-0.3, -0.25) is 4.68 Å². The summed E-state index contributed by atoms with van der Waals surface area (Å²) < 4.78 is 2.13. The van der Waals surface area contributed by atoms with Crippen molar-refractivity contribution in [1.82, 2.24) is 20.0 Å². The molecule has 0 atom stereocenters. The molecule has 0 aliphatic carbocycles. The molecule has 4 nitrogen and oxygen atoms in total. The lowest BCUT2D eigenvalue weighted by Crippen LogP contribution is -2.44. The molecule has 0 radical (unpaired) electrons. The van der Waals surface area contributed by atoms with E-state index in [9.17, 15) is 0 Å². The van der Waals surface area contributed by atoms with Crippen LogP contribution in [-0.4, -0.2) is 47.4 Å². The van der Waals surface area contributed by atoms with Crippen molar-refractivity contribution in [3.8, 4) is 0 Å². The molecule has 1 fully saturated rings. The molecule has 1 N–H and O–H groups in total. The maximum atomic E-state index is 4.37. The van der Waals surface area contributed by atoms with Crippen LogP contribution in [-0.2, 0) is 6.42 Å². The maximum Gasteiger partial charge on any atom is 0.0492 e. The van der Waals surface area contributed by atoms with Crippen molar-refractivity contribution in [3.05, 3.63) is 18.0 Å². The quantitative estimate of drug-likeness (QED) is 0.822. The van der Waals surface area contributed by atoms with E-state index in [4.69, 9.17) is 0 Å². The minimum absolute atomic E-state index is 0.466. The van der Waals surface area contributed by atoms with E-state index in [1.54, 1.807) is 0 Å². The van der Waals surface area contributed by atoms with Crippen LogP contribution in [0.2, 0.25) is 0 Å². The molecule has 1 saturated heterocycles. The van der Waals surface area contributed by atoms with Gasteiger partial charge in [-0.05, 0) is 19.9 Å². The fourth-order valence-corrected chi connectivity index (χ4v) is 2.21. The number of piperazine rings is 1. The van der Waals surface area contributed by atoms with Gasteiger partial charge in [0.1, 0.15) is 0 Å². The Morgan fingerprint density at radius 3 is 2.81 bits per heavy atom. The lowest BCUT2D eigenvalue weighted by atomic mass is 10.2. The van der Waals surface area contributed by atoms with Crippen LogP contribution in [0.3, 0.4) is 0 Å². The Morgan fingerprint density at radius 1 is 1.38 bits per heavy atom. The average molecular weight is 222 g/mol. The molecule has 1 aliphatic rings. The Bertz CT molecular complexity index is 313. The van der Waals surface area contributed by atoms with Crippen molar-refractivity contribution in [2.45, 2.75) is 26.3 Å². The van der Waals surface area contributed by atoms with Gasteiger partial charge >= 0.3 is 0 Å². The van der Waals surface area contributed by atoms with Gasteiger partial charge in [0.05, 0.1) is 0 Å². The normalized spacial score (nSPS) is 18.2. The van der Waals surface area contributed by atoms with E-state index in [2.05, 4.69) is 39.9 Å². The number of hydrogen-bond acceptors (Lipinski definition) is 3. The molecule has 0 aromatic carbocycles. The van der Waals surface area contributed by atoms with Crippen molar-refractivity contribution in [3.63, 3.8) is 0 Å². The second-order valence-corrected chi connectivity index (χ2v) is 4.70. The second kappa shape index (κ2) is 5.46. The number of nitrogens with one attached hydrogen (secondary N) is 1. The van der Waals surface area contributed by atoms with Gasteiger partial charge in [-0.25, -0.2) is 0 Å². The summed E-state index contributed by atoms with van der Waals surface area (Å²) in [6.45, 7) is 10.1. The van der Waals surface area contributed by atoms with Crippen molar-refractivity contribution >= 4 is 0 Å². The van der Waals surface area contributed by atoms with Crippen LogP contribution in [0.25, 0.3) is 0 Å². The van der Waals surface area contributed by atoms with E-state index in [0.717, 1.165) is 26.1 Å². The zero-order valence-electron chi connectivity index (χ0n) is 10.3. The average Bonchev–Trinajstić information content (AvgIpc) is 2.76. The first-order chi connectivity index (χ1) is 7.77. The minimum atomic E-state index is 0.466. The molecular weight excluding hydrogens is 200 g/mol. The number of nitrogens with zero attached hydrogens (tertiary/aromatic N) is 3. The van der Waals surface area contributed by atoms with E-state index in [0.29, 0.717) is 6.04 Å². The fourth-order valence-electron chi connectivity index (χ4n) is 2.21. The summed E-state index contributed by atoms with van der Waals surface area (Å²) in [7, 11) is 0. The molecule has 4 heteroatoms. The topological polar surface area (TPSA) is 33.1 Å². The molecule has 1 aromatic rings. The molecule has 90 valence electrons. The number of hydrogen-bond donors (Lipinski definition) is 1. The van der Waals surface area contributed by atoms with Gasteiger partial charge in [-0.15, -0.1) is 0 Å². The smallest absolute Gasteiger partial charge is 0.0492 e. The Labute approximate surface area is 97.6 Å². The summed E-state index contributed by atoms with van der Waals surface area (Å²) in [5.74, 6) is 0. The zero-order valence-corrected chi connectivity index (χ0v) is 10.3. The molecule has 1 aromatic heterocycles. The molecular formula is C12H22N4. The third-order valence-corrected chi connectivity index (χ3v) is 3.14. The van der Waals surface area contributed by atoms with Crippen LogP contribution in [0.5, 0.6) is 0 Å². The van der Waals surface area contributed by atoms with Gasteiger partial charge in [-0.2, -0.15) is 5.10 Å². The summed E-state index contributed by atoms with van der Waals surface area (Å²) in [6, 6.07) is 2.61. The van der Waals surface area contributed by atoms with Gasteiger partial charge in [0.2, 0.25) is 0 Å². The highest BCUT2D eigenvalue weighted by molar-refractivity contribution is 5.02. The van der Waals surface area contributed by atoms with E-state index < -0.39 is 0 Å². The highest BCUT2D eigenvalue weighted by Crippen LogP contribution is 2.09. The predicted molar refractivity (Wildman–Crippen MR) is 65.6 cm³/mol. The first-order valence-corrected chi connectivity index (χ1v) is 6.23. The summed E-state index contributed by atoms with van der Waals surface area (Å²) in [4.78, 5) is 2.52. The number of aromatic nitrogens is 2. The largest absolute Gasteiger partial charge is 0.314 e. The second-order valence-electron chi connectivity index (χ2n) is 4.70. The summed E-state index contributed by atoms with van der Waals surface area (Å²) in [5, 5.41) is 7.74. The van der Waals surface area contributed by atoms with Gasteiger partial charge in [0.25, 0.3) is 0 Å². The van der Waals surface area contributed by atoms with Crippen molar-refractivity contribution in [2.24, 2.45) is 0 Å². The first-order valence-electron chi connectivity index (χ1n) is 6.23. The summed E-state index contributed by atoms with van der Waals surface area (Å²) in [6.07, 6.45) is 3.02. The van der Waals surface area contributed by atoms with Crippen molar-refractivity contribution in [1.29, 1.82) is 0 Å². The Morgan fingerprint density at radius 2 is 2.12 bits per heavy atom. The predicted octanol–water partition coefficient (Wildman–Crippen LogP) is 0.912. The monoisotopic (exact) mass is 222 g/mol.